The monoisotopic (exact) mass is 394 g/mol. The third kappa shape index (κ3) is 3.31. The van der Waals surface area contributed by atoms with Crippen molar-refractivity contribution >= 4 is 17.3 Å². The molecule has 0 bridgehead atoms. The highest BCUT2D eigenvalue weighted by atomic mass is 35.5. The smallest absolute Gasteiger partial charge is 0.387 e. The van der Waals surface area contributed by atoms with Gasteiger partial charge in [-0.15, -0.1) is 0 Å². The molecular weight excluding hydrogens is 377 g/mol. The lowest BCUT2D eigenvalue weighted by atomic mass is 9.89. The van der Waals surface area contributed by atoms with E-state index in [9.17, 15) is 13.2 Å². The molecule has 4 rings (SSSR count). The summed E-state index contributed by atoms with van der Waals surface area (Å²) in [5.41, 5.74) is 3.10. The Bertz CT molecular complexity index is 926. The molecule has 1 saturated carbocycles. The number of rotatable bonds is 2. The Morgan fingerprint density at radius 2 is 1.89 bits per heavy atom. The van der Waals surface area contributed by atoms with Gasteiger partial charge in [0, 0.05) is 23.7 Å². The summed E-state index contributed by atoms with van der Waals surface area (Å²) in [7, 11) is 0. The van der Waals surface area contributed by atoms with Gasteiger partial charge in [0.25, 0.3) is 0 Å². The maximum absolute atomic E-state index is 13.2. The van der Waals surface area contributed by atoms with Gasteiger partial charge in [0.15, 0.2) is 6.10 Å². The minimum absolute atomic E-state index is 0.0149. The van der Waals surface area contributed by atoms with Gasteiger partial charge in [-0.2, -0.15) is 13.2 Å². The number of pyridine rings is 1. The molecule has 1 aromatic carbocycles. The van der Waals surface area contributed by atoms with E-state index in [4.69, 9.17) is 16.4 Å². The number of halogens is 4. The molecule has 3 atom stereocenters. The molecule has 1 aromatic heterocycles. The SMILES string of the molecule is Cc1cc(C2ON=C3[C@H](c4cc(C)ncc4Cl)CC[C@H]32)cc(C(F)(F)F)c1. The van der Waals surface area contributed by atoms with Crippen molar-refractivity contribution in [3.05, 3.63) is 63.4 Å². The van der Waals surface area contributed by atoms with Crippen LogP contribution in [0.15, 0.2) is 35.6 Å². The molecule has 27 heavy (non-hydrogen) atoms. The van der Waals surface area contributed by atoms with E-state index in [1.165, 1.54) is 6.07 Å². The van der Waals surface area contributed by atoms with E-state index in [-0.39, 0.29) is 11.8 Å². The van der Waals surface area contributed by atoms with Crippen molar-refractivity contribution in [1.29, 1.82) is 0 Å². The van der Waals surface area contributed by atoms with E-state index in [0.29, 0.717) is 16.1 Å². The quantitative estimate of drug-likeness (QED) is 0.626. The largest absolute Gasteiger partial charge is 0.416 e. The molecule has 0 saturated heterocycles. The van der Waals surface area contributed by atoms with Gasteiger partial charge in [0.2, 0.25) is 0 Å². The first kappa shape index (κ1) is 18.3. The van der Waals surface area contributed by atoms with Crippen LogP contribution < -0.4 is 0 Å². The van der Waals surface area contributed by atoms with Gasteiger partial charge in [-0.05, 0) is 56.0 Å². The van der Waals surface area contributed by atoms with E-state index in [0.717, 1.165) is 35.9 Å². The predicted molar refractivity (Wildman–Crippen MR) is 96.9 cm³/mol. The molecule has 1 aliphatic heterocycles. The molecule has 2 aliphatic rings. The molecule has 2 aromatic rings. The second-order valence-corrected chi connectivity index (χ2v) is 7.66. The van der Waals surface area contributed by atoms with Gasteiger partial charge < -0.3 is 4.84 Å². The van der Waals surface area contributed by atoms with E-state index in [1.54, 1.807) is 19.2 Å². The molecule has 1 fully saturated rings. The number of aryl methyl sites for hydroxylation is 2. The summed E-state index contributed by atoms with van der Waals surface area (Å²) < 4.78 is 39.5. The van der Waals surface area contributed by atoms with Crippen molar-refractivity contribution in [2.45, 2.75) is 44.9 Å². The molecule has 0 N–H and O–H groups in total. The number of fused-ring (bicyclic) bond motifs is 1. The Balaban J connectivity index is 1.65. The summed E-state index contributed by atoms with van der Waals surface area (Å²) in [5, 5.41) is 4.84. The topological polar surface area (TPSA) is 34.5 Å². The Morgan fingerprint density at radius 1 is 1.11 bits per heavy atom. The van der Waals surface area contributed by atoms with Crippen molar-refractivity contribution in [3.63, 3.8) is 0 Å². The van der Waals surface area contributed by atoms with Crippen LogP contribution in [-0.2, 0) is 11.0 Å². The second-order valence-electron chi connectivity index (χ2n) is 7.26. The molecule has 1 aliphatic carbocycles. The Morgan fingerprint density at radius 3 is 2.63 bits per heavy atom. The number of hydrogen-bond acceptors (Lipinski definition) is 3. The summed E-state index contributed by atoms with van der Waals surface area (Å²) in [6.45, 7) is 3.56. The van der Waals surface area contributed by atoms with Crippen LogP contribution in [0.25, 0.3) is 0 Å². The highest BCUT2D eigenvalue weighted by Gasteiger charge is 2.45. The van der Waals surface area contributed by atoms with Crippen LogP contribution in [0.2, 0.25) is 5.02 Å². The fourth-order valence-electron chi connectivity index (χ4n) is 4.11. The lowest BCUT2D eigenvalue weighted by molar-refractivity contribution is -0.137. The van der Waals surface area contributed by atoms with Gasteiger partial charge in [0.05, 0.1) is 16.3 Å². The van der Waals surface area contributed by atoms with Crippen molar-refractivity contribution in [2.24, 2.45) is 11.1 Å². The lowest BCUT2D eigenvalue weighted by Crippen LogP contribution is -2.16. The summed E-state index contributed by atoms with van der Waals surface area (Å²) in [5.74, 6) is -0.0245. The Labute approximate surface area is 160 Å². The fourth-order valence-corrected chi connectivity index (χ4v) is 4.34. The first-order chi connectivity index (χ1) is 12.7. The van der Waals surface area contributed by atoms with Crippen molar-refractivity contribution in [1.82, 2.24) is 4.98 Å². The van der Waals surface area contributed by atoms with Gasteiger partial charge in [0.1, 0.15) is 0 Å². The number of oxime groups is 1. The molecule has 142 valence electrons. The van der Waals surface area contributed by atoms with Crippen LogP contribution in [-0.4, -0.2) is 10.7 Å². The molecular formula is C20H18ClF3N2O. The maximum atomic E-state index is 13.2. The fraction of sp³-hybridized carbons (Fsp3) is 0.400. The molecule has 1 unspecified atom stereocenters. The first-order valence-corrected chi connectivity index (χ1v) is 9.16. The zero-order valence-electron chi connectivity index (χ0n) is 14.8. The zero-order chi connectivity index (χ0) is 19.3. The normalized spacial score (nSPS) is 24.5. The summed E-state index contributed by atoms with van der Waals surface area (Å²) in [4.78, 5) is 9.80. The lowest BCUT2D eigenvalue weighted by Gasteiger charge is -2.18. The summed E-state index contributed by atoms with van der Waals surface area (Å²) in [6.07, 6.45) is -1.62. The van der Waals surface area contributed by atoms with Crippen LogP contribution >= 0.6 is 11.6 Å². The molecule has 0 spiro atoms. The minimum atomic E-state index is -4.39. The molecule has 3 nitrogen and oxygen atoms in total. The van der Waals surface area contributed by atoms with Crippen LogP contribution in [0.3, 0.4) is 0 Å². The molecule has 7 heteroatoms. The van der Waals surface area contributed by atoms with E-state index >= 15 is 0 Å². The van der Waals surface area contributed by atoms with Crippen molar-refractivity contribution < 1.29 is 18.0 Å². The highest BCUT2D eigenvalue weighted by molar-refractivity contribution is 6.31. The van der Waals surface area contributed by atoms with Gasteiger partial charge in [-0.1, -0.05) is 28.4 Å². The molecule has 2 heterocycles. The van der Waals surface area contributed by atoms with Crippen LogP contribution in [0.4, 0.5) is 13.2 Å². The average Bonchev–Trinajstić information content (AvgIpc) is 3.17. The van der Waals surface area contributed by atoms with Gasteiger partial charge in [-0.25, -0.2) is 0 Å². The third-order valence-electron chi connectivity index (χ3n) is 5.29. The zero-order valence-corrected chi connectivity index (χ0v) is 15.6. The number of nitrogens with zero attached hydrogens (tertiary/aromatic N) is 2. The minimum Gasteiger partial charge on any atom is -0.387 e. The van der Waals surface area contributed by atoms with Crippen LogP contribution in [0, 0.1) is 19.8 Å². The van der Waals surface area contributed by atoms with Gasteiger partial charge >= 0.3 is 6.18 Å². The number of aromatic nitrogens is 1. The van der Waals surface area contributed by atoms with Crippen molar-refractivity contribution in [3.8, 4) is 0 Å². The molecule has 0 amide bonds. The van der Waals surface area contributed by atoms with Gasteiger partial charge in [-0.3, -0.25) is 4.98 Å². The van der Waals surface area contributed by atoms with E-state index < -0.39 is 17.8 Å². The van der Waals surface area contributed by atoms with E-state index in [1.807, 2.05) is 13.0 Å². The predicted octanol–water partition coefficient (Wildman–Crippen LogP) is 5.99. The Hall–Kier alpha value is -2.08. The highest BCUT2D eigenvalue weighted by Crippen LogP contribution is 2.49. The number of benzene rings is 1. The Kier molecular flexibility index (Phi) is 4.41. The summed E-state index contributed by atoms with van der Waals surface area (Å²) in [6, 6.07) is 6.01. The second kappa shape index (κ2) is 6.51. The number of alkyl halides is 3. The maximum Gasteiger partial charge on any atom is 0.416 e. The number of hydrogen-bond donors (Lipinski definition) is 0. The first-order valence-electron chi connectivity index (χ1n) is 8.78. The third-order valence-corrected chi connectivity index (χ3v) is 5.61. The molecule has 0 radical (unpaired) electrons. The van der Waals surface area contributed by atoms with Crippen molar-refractivity contribution in [2.75, 3.05) is 0 Å². The van der Waals surface area contributed by atoms with Crippen LogP contribution in [0.1, 0.15) is 52.8 Å². The standard InChI is InChI=1S/C20H18ClF3N2O/c1-10-5-12(8-13(6-10)20(22,23)24)19-15-4-3-14(18(15)26-27-19)16-7-11(2)25-9-17(16)21/h5-9,14-15,19H,3-4H2,1-2H3/t14-,15+,19?/m0/s1. The average molecular weight is 395 g/mol. The van der Waals surface area contributed by atoms with Crippen LogP contribution in [0.5, 0.6) is 0 Å². The summed E-state index contributed by atoms with van der Waals surface area (Å²) >= 11 is 6.33. The van der Waals surface area contributed by atoms with E-state index in [2.05, 4.69) is 10.1 Å².